The summed E-state index contributed by atoms with van der Waals surface area (Å²) < 4.78 is 0. The van der Waals surface area contributed by atoms with Crippen LogP contribution in [-0.2, 0) is 9.59 Å². The van der Waals surface area contributed by atoms with Crippen molar-refractivity contribution in [1.82, 2.24) is 10.2 Å². The van der Waals surface area contributed by atoms with Gasteiger partial charge in [-0.15, -0.1) is 0 Å². The SMILES string of the molecule is CC(C)CCN1C[C@@H](C(=O)NC(C)C)CC1=O. The highest BCUT2D eigenvalue weighted by molar-refractivity contribution is 5.89. The van der Waals surface area contributed by atoms with Crippen molar-refractivity contribution in [2.75, 3.05) is 13.1 Å². The van der Waals surface area contributed by atoms with Crippen LogP contribution in [0.2, 0.25) is 0 Å². The van der Waals surface area contributed by atoms with E-state index in [9.17, 15) is 9.59 Å². The first-order valence-electron chi connectivity index (χ1n) is 6.48. The molecule has 0 saturated carbocycles. The normalized spacial score (nSPS) is 20.5. The van der Waals surface area contributed by atoms with Crippen LogP contribution < -0.4 is 5.32 Å². The molecule has 1 saturated heterocycles. The second-order valence-electron chi connectivity index (χ2n) is 5.59. The smallest absolute Gasteiger partial charge is 0.225 e. The molecular weight excluding hydrogens is 216 g/mol. The van der Waals surface area contributed by atoms with E-state index in [2.05, 4.69) is 19.2 Å². The largest absolute Gasteiger partial charge is 0.354 e. The van der Waals surface area contributed by atoms with Gasteiger partial charge in [-0.1, -0.05) is 13.8 Å². The summed E-state index contributed by atoms with van der Waals surface area (Å²) in [6.45, 7) is 9.52. The Kier molecular flexibility index (Phi) is 4.97. The van der Waals surface area contributed by atoms with E-state index in [1.807, 2.05) is 18.7 Å². The van der Waals surface area contributed by atoms with Gasteiger partial charge in [0.25, 0.3) is 0 Å². The minimum atomic E-state index is -0.155. The molecule has 98 valence electrons. The molecule has 1 rings (SSSR count). The fourth-order valence-corrected chi connectivity index (χ4v) is 1.98. The first-order chi connectivity index (χ1) is 7.90. The molecule has 1 atom stereocenters. The highest BCUT2D eigenvalue weighted by Crippen LogP contribution is 2.19. The maximum Gasteiger partial charge on any atom is 0.225 e. The molecule has 1 N–H and O–H groups in total. The molecule has 0 aromatic carbocycles. The van der Waals surface area contributed by atoms with Crippen LogP contribution >= 0.6 is 0 Å². The lowest BCUT2D eigenvalue weighted by atomic mass is 10.1. The Morgan fingerprint density at radius 2 is 2.06 bits per heavy atom. The molecule has 0 aromatic rings. The topological polar surface area (TPSA) is 49.4 Å². The average molecular weight is 240 g/mol. The summed E-state index contributed by atoms with van der Waals surface area (Å²) in [6, 6.07) is 0.141. The zero-order valence-electron chi connectivity index (χ0n) is 11.3. The van der Waals surface area contributed by atoms with Crippen LogP contribution in [0.25, 0.3) is 0 Å². The third-order valence-corrected chi connectivity index (χ3v) is 2.99. The second-order valence-corrected chi connectivity index (χ2v) is 5.59. The molecule has 2 amide bonds. The standard InChI is InChI=1S/C13H24N2O2/c1-9(2)5-6-15-8-11(7-12(15)16)13(17)14-10(3)4/h9-11H,5-8H2,1-4H3,(H,14,17)/t11-/m0/s1. The number of amides is 2. The Bertz CT molecular complexity index is 287. The summed E-state index contributed by atoms with van der Waals surface area (Å²) in [4.78, 5) is 25.4. The quantitative estimate of drug-likeness (QED) is 0.790. The molecule has 0 bridgehead atoms. The number of nitrogens with one attached hydrogen (secondary N) is 1. The van der Waals surface area contributed by atoms with E-state index in [1.54, 1.807) is 0 Å². The van der Waals surface area contributed by atoms with Gasteiger partial charge in [-0.25, -0.2) is 0 Å². The summed E-state index contributed by atoms with van der Waals surface area (Å²) in [5.41, 5.74) is 0. The molecule has 0 unspecified atom stereocenters. The number of carbonyl (C=O) groups is 2. The lowest BCUT2D eigenvalue weighted by Crippen LogP contribution is -2.37. The van der Waals surface area contributed by atoms with Crippen molar-refractivity contribution < 1.29 is 9.59 Å². The molecule has 0 spiro atoms. The average Bonchev–Trinajstić information content (AvgIpc) is 2.56. The summed E-state index contributed by atoms with van der Waals surface area (Å²) >= 11 is 0. The van der Waals surface area contributed by atoms with Gasteiger partial charge in [0, 0.05) is 25.6 Å². The van der Waals surface area contributed by atoms with E-state index < -0.39 is 0 Å². The summed E-state index contributed by atoms with van der Waals surface area (Å²) in [6.07, 6.45) is 1.38. The van der Waals surface area contributed by atoms with Crippen LogP contribution in [0.15, 0.2) is 0 Å². The van der Waals surface area contributed by atoms with Gasteiger partial charge in [0.05, 0.1) is 5.92 Å². The third kappa shape index (κ3) is 4.36. The Labute approximate surface area is 104 Å². The van der Waals surface area contributed by atoms with E-state index >= 15 is 0 Å². The maximum absolute atomic E-state index is 11.8. The van der Waals surface area contributed by atoms with Gasteiger partial charge < -0.3 is 10.2 Å². The van der Waals surface area contributed by atoms with E-state index in [4.69, 9.17) is 0 Å². The Morgan fingerprint density at radius 1 is 1.41 bits per heavy atom. The molecule has 0 aliphatic carbocycles. The van der Waals surface area contributed by atoms with Gasteiger partial charge in [-0.3, -0.25) is 9.59 Å². The molecule has 4 heteroatoms. The Balaban J connectivity index is 2.43. The lowest BCUT2D eigenvalue weighted by molar-refractivity contribution is -0.129. The van der Waals surface area contributed by atoms with Crippen molar-refractivity contribution >= 4 is 11.8 Å². The molecule has 4 nitrogen and oxygen atoms in total. The molecule has 0 aromatic heterocycles. The molecule has 1 heterocycles. The van der Waals surface area contributed by atoms with E-state index in [-0.39, 0.29) is 23.8 Å². The van der Waals surface area contributed by atoms with Crippen molar-refractivity contribution in [2.45, 2.75) is 46.6 Å². The highest BCUT2D eigenvalue weighted by Gasteiger charge is 2.33. The van der Waals surface area contributed by atoms with E-state index in [1.165, 1.54) is 0 Å². The van der Waals surface area contributed by atoms with Crippen LogP contribution in [0.1, 0.15) is 40.5 Å². The number of hydrogen-bond donors (Lipinski definition) is 1. The fraction of sp³-hybridized carbons (Fsp3) is 0.846. The van der Waals surface area contributed by atoms with Crippen molar-refractivity contribution in [1.29, 1.82) is 0 Å². The van der Waals surface area contributed by atoms with Crippen LogP contribution in [0, 0.1) is 11.8 Å². The number of hydrogen-bond acceptors (Lipinski definition) is 2. The van der Waals surface area contributed by atoms with Crippen molar-refractivity contribution in [3.63, 3.8) is 0 Å². The van der Waals surface area contributed by atoms with Gasteiger partial charge in [-0.05, 0) is 26.2 Å². The molecule has 0 radical (unpaired) electrons. The van der Waals surface area contributed by atoms with Gasteiger partial charge in [0.1, 0.15) is 0 Å². The first kappa shape index (κ1) is 14.0. The lowest BCUT2D eigenvalue weighted by Gasteiger charge is -2.18. The third-order valence-electron chi connectivity index (χ3n) is 2.99. The number of likely N-dealkylation sites (tertiary alicyclic amines) is 1. The maximum atomic E-state index is 11.8. The number of nitrogens with zero attached hydrogens (tertiary/aromatic N) is 1. The Morgan fingerprint density at radius 3 is 2.59 bits per heavy atom. The highest BCUT2D eigenvalue weighted by atomic mass is 16.2. The summed E-state index contributed by atoms with van der Waals surface area (Å²) in [5.74, 6) is 0.568. The van der Waals surface area contributed by atoms with Crippen LogP contribution in [0.4, 0.5) is 0 Å². The van der Waals surface area contributed by atoms with Crippen molar-refractivity contribution in [2.24, 2.45) is 11.8 Å². The summed E-state index contributed by atoms with van der Waals surface area (Å²) in [5, 5.41) is 2.87. The zero-order valence-corrected chi connectivity index (χ0v) is 11.3. The van der Waals surface area contributed by atoms with Crippen LogP contribution in [0.3, 0.4) is 0 Å². The summed E-state index contributed by atoms with van der Waals surface area (Å²) in [7, 11) is 0. The van der Waals surface area contributed by atoms with Gasteiger partial charge in [-0.2, -0.15) is 0 Å². The van der Waals surface area contributed by atoms with E-state index in [0.717, 1.165) is 13.0 Å². The monoisotopic (exact) mass is 240 g/mol. The number of rotatable bonds is 5. The molecular formula is C13H24N2O2. The first-order valence-corrected chi connectivity index (χ1v) is 6.48. The molecule has 1 aliphatic rings. The van der Waals surface area contributed by atoms with Crippen LogP contribution in [0.5, 0.6) is 0 Å². The predicted molar refractivity (Wildman–Crippen MR) is 67.4 cm³/mol. The van der Waals surface area contributed by atoms with Crippen molar-refractivity contribution in [3.8, 4) is 0 Å². The van der Waals surface area contributed by atoms with Gasteiger partial charge >= 0.3 is 0 Å². The van der Waals surface area contributed by atoms with E-state index in [0.29, 0.717) is 18.9 Å². The second kappa shape index (κ2) is 6.03. The molecule has 1 fully saturated rings. The van der Waals surface area contributed by atoms with Gasteiger partial charge in [0.15, 0.2) is 0 Å². The fourth-order valence-electron chi connectivity index (χ4n) is 1.98. The van der Waals surface area contributed by atoms with Gasteiger partial charge in [0.2, 0.25) is 11.8 Å². The van der Waals surface area contributed by atoms with Crippen LogP contribution in [-0.4, -0.2) is 35.8 Å². The Hall–Kier alpha value is -1.06. The van der Waals surface area contributed by atoms with Crippen molar-refractivity contribution in [3.05, 3.63) is 0 Å². The predicted octanol–water partition coefficient (Wildman–Crippen LogP) is 1.41. The molecule has 17 heavy (non-hydrogen) atoms. The minimum absolute atomic E-state index is 0.0143. The minimum Gasteiger partial charge on any atom is -0.354 e. The number of carbonyl (C=O) groups excluding carboxylic acids is 2. The molecule has 1 aliphatic heterocycles. The zero-order chi connectivity index (χ0) is 13.0.